The quantitative estimate of drug-likeness (QED) is 0.415. The molecule has 2 aromatic rings. The second-order valence-electron chi connectivity index (χ2n) is 5.33. The van der Waals surface area contributed by atoms with Gasteiger partial charge in [-0.25, -0.2) is 9.78 Å². The molecule has 6 heteroatoms. The number of nitriles is 1. The molecular weight excluding hydrogens is 314 g/mol. The Bertz CT molecular complexity index is 718. The maximum Gasteiger partial charge on any atom is 0.337 e. The van der Waals surface area contributed by atoms with Crippen LogP contribution in [-0.2, 0) is 17.2 Å². The summed E-state index contributed by atoms with van der Waals surface area (Å²) in [5.41, 5.74) is 2.25. The predicted molar refractivity (Wildman–Crippen MR) is 89.3 cm³/mol. The minimum atomic E-state index is -0.358. The highest BCUT2D eigenvalue weighted by Gasteiger charge is 2.13. The van der Waals surface area contributed by atoms with Crippen LogP contribution in [0.25, 0.3) is 11.0 Å². The summed E-state index contributed by atoms with van der Waals surface area (Å²) < 4.78 is 6.84. The molecule has 23 heavy (non-hydrogen) atoms. The van der Waals surface area contributed by atoms with Crippen LogP contribution in [0.4, 0.5) is 0 Å². The number of hydrogen-bond donors (Lipinski definition) is 0. The Morgan fingerprint density at radius 3 is 2.83 bits per heavy atom. The van der Waals surface area contributed by atoms with E-state index < -0.39 is 0 Å². The lowest BCUT2D eigenvalue weighted by atomic mass is 10.1. The van der Waals surface area contributed by atoms with Gasteiger partial charge in [-0.05, 0) is 31.0 Å². The number of imidazole rings is 1. The number of aromatic nitrogens is 2. The second-order valence-corrected chi connectivity index (χ2v) is 5.60. The van der Waals surface area contributed by atoms with Crippen molar-refractivity contribution in [3.05, 3.63) is 29.6 Å². The fraction of sp³-hybridized carbons (Fsp3) is 0.471. The minimum Gasteiger partial charge on any atom is -0.465 e. The summed E-state index contributed by atoms with van der Waals surface area (Å²) in [6, 6.07) is 7.50. The predicted octanol–water partition coefficient (Wildman–Crippen LogP) is 4.04. The zero-order valence-corrected chi connectivity index (χ0v) is 14.0. The monoisotopic (exact) mass is 333 g/mol. The summed E-state index contributed by atoms with van der Waals surface area (Å²) in [7, 11) is 1.37. The summed E-state index contributed by atoms with van der Waals surface area (Å²) in [5.74, 6) is 0.778. The number of aryl methyl sites for hydroxylation is 1. The summed E-state index contributed by atoms with van der Waals surface area (Å²) in [4.78, 5) is 16.2. The second kappa shape index (κ2) is 8.54. The van der Waals surface area contributed by atoms with Gasteiger partial charge in [-0.3, -0.25) is 0 Å². The minimum absolute atomic E-state index is 0.330. The fourth-order valence-electron chi connectivity index (χ4n) is 2.60. The fourth-order valence-corrected chi connectivity index (χ4v) is 2.80. The highest BCUT2D eigenvalue weighted by molar-refractivity contribution is 6.16. The molecule has 1 heterocycles. The summed E-state index contributed by atoms with van der Waals surface area (Å²) >= 11 is 6.00. The Labute approximate surface area is 140 Å². The molecule has 2 rings (SSSR count). The molecule has 0 aliphatic heterocycles. The van der Waals surface area contributed by atoms with E-state index in [0.29, 0.717) is 17.9 Å². The average molecular weight is 334 g/mol. The van der Waals surface area contributed by atoms with Crippen LogP contribution in [0.2, 0.25) is 0 Å². The molecule has 0 amide bonds. The number of esters is 1. The maximum absolute atomic E-state index is 11.7. The van der Waals surface area contributed by atoms with Crippen molar-refractivity contribution < 1.29 is 9.53 Å². The number of alkyl halides is 1. The normalized spacial score (nSPS) is 10.7. The van der Waals surface area contributed by atoms with Crippen molar-refractivity contribution in [3.63, 3.8) is 0 Å². The van der Waals surface area contributed by atoms with Gasteiger partial charge >= 0.3 is 5.97 Å². The van der Waals surface area contributed by atoms with Crippen LogP contribution in [0.5, 0.6) is 0 Å². The van der Waals surface area contributed by atoms with Gasteiger partial charge < -0.3 is 9.30 Å². The molecule has 0 aliphatic rings. The van der Waals surface area contributed by atoms with E-state index in [0.717, 1.165) is 49.1 Å². The van der Waals surface area contributed by atoms with Gasteiger partial charge in [-0.2, -0.15) is 5.26 Å². The first-order chi connectivity index (χ1) is 11.2. The molecule has 0 atom stereocenters. The molecule has 0 saturated heterocycles. The molecule has 0 unspecified atom stereocenters. The van der Waals surface area contributed by atoms with Gasteiger partial charge in [-0.1, -0.05) is 12.8 Å². The number of carbonyl (C=O) groups excluding carboxylic acids is 1. The van der Waals surface area contributed by atoms with Crippen molar-refractivity contribution in [2.75, 3.05) is 7.11 Å². The lowest BCUT2D eigenvalue weighted by Crippen LogP contribution is -2.04. The first kappa shape index (κ1) is 17.3. The Morgan fingerprint density at radius 1 is 1.35 bits per heavy atom. The van der Waals surface area contributed by atoms with Crippen molar-refractivity contribution >= 4 is 28.6 Å². The number of methoxy groups -OCH3 is 1. The smallest absolute Gasteiger partial charge is 0.337 e. The third kappa shape index (κ3) is 4.23. The van der Waals surface area contributed by atoms with E-state index in [9.17, 15) is 4.79 Å². The number of unbranched alkanes of at least 4 members (excludes halogenated alkanes) is 4. The van der Waals surface area contributed by atoms with Crippen LogP contribution in [0.15, 0.2) is 18.2 Å². The molecule has 0 N–H and O–H groups in total. The molecule has 122 valence electrons. The van der Waals surface area contributed by atoms with E-state index in [-0.39, 0.29) is 5.97 Å². The third-order valence-corrected chi connectivity index (χ3v) is 4.03. The van der Waals surface area contributed by atoms with Gasteiger partial charge in [0.15, 0.2) is 0 Å². The van der Waals surface area contributed by atoms with Crippen LogP contribution in [0.3, 0.4) is 0 Å². The molecule has 0 saturated carbocycles. The summed E-state index contributed by atoms with van der Waals surface area (Å²) in [6.07, 6.45) is 4.65. The Morgan fingerprint density at radius 2 is 2.13 bits per heavy atom. The topological polar surface area (TPSA) is 67.9 Å². The number of halogens is 1. The lowest BCUT2D eigenvalue weighted by Gasteiger charge is -2.08. The number of benzene rings is 1. The molecule has 0 aliphatic carbocycles. The van der Waals surface area contributed by atoms with Gasteiger partial charge in [0.05, 0.1) is 35.7 Å². The van der Waals surface area contributed by atoms with Gasteiger partial charge in [0.25, 0.3) is 0 Å². The number of carbonyl (C=O) groups is 1. The van der Waals surface area contributed by atoms with Crippen LogP contribution < -0.4 is 0 Å². The van der Waals surface area contributed by atoms with E-state index >= 15 is 0 Å². The van der Waals surface area contributed by atoms with Crippen LogP contribution >= 0.6 is 11.6 Å². The molecular formula is C17H20ClN3O2. The number of hydrogen-bond acceptors (Lipinski definition) is 4. The highest BCUT2D eigenvalue weighted by Crippen LogP contribution is 2.21. The molecule has 0 fully saturated rings. The molecule has 1 aromatic carbocycles. The first-order valence-corrected chi connectivity index (χ1v) is 8.25. The maximum atomic E-state index is 11.7. The van der Waals surface area contributed by atoms with Crippen LogP contribution in [0.1, 0.15) is 48.3 Å². The molecule has 0 bridgehead atoms. The van der Waals surface area contributed by atoms with Gasteiger partial charge in [0, 0.05) is 13.0 Å². The first-order valence-electron chi connectivity index (χ1n) is 7.71. The van der Waals surface area contributed by atoms with Gasteiger partial charge in [-0.15, -0.1) is 11.6 Å². The van der Waals surface area contributed by atoms with Crippen molar-refractivity contribution in [1.29, 1.82) is 5.26 Å². The standard InChI is InChI=1S/C17H20ClN3O2/c1-23-17(22)13-7-8-14-15(11-13)21(16(12-18)20-14)10-6-4-2-3-5-9-19/h7-8,11H,2-6,10,12H2,1H3. The zero-order valence-electron chi connectivity index (χ0n) is 13.2. The van der Waals surface area contributed by atoms with Crippen LogP contribution in [-0.4, -0.2) is 22.6 Å². The van der Waals surface area contributed by atoms with E-state index in [4.69, 9.17) is 21.6 Å². The lowest BCUT2D eigenvalue weighted by molar-refractivity contribution is 0.0601. The third-order valence-electron chi connectivity index (χ3n) is 3.79. The van der Waals surface area contributed by atoms with Crippen molar-refractivity contribution in [1.82, 2.24) is 9.55 Å². The zero-order chi connectivity index (χ0) is 16.7. The molecule has 1 aromatic heterocycles. The van der Waals surface area contributed by atoms with E-state index in [1.165, 1.54) is 7.11 Å². The summed E-state index contributed by atoms with van der Waals surface area (Å²) in [5, 5.41) is 8.54. The van der Waals surface area contributed by atoms with Gasteiger partial charge in [0.1, 0.15) is 5.82 Å². The molecule has 0 spiro atoms. The number of ether oxygens (including phenoxy) is 1. The largest absolute Gasteiger partial charge is 0.465 e. The average Bonchev–Trinajstić information content (AvgIpc) is 2.94. The summed E-state index contributed by atoms with van der Waals surface area (Å²) in [6.45, 7) is 0.801. The van der Waals surface area contributed by atoms with E-state index in [1.807, 2.05) is 6.07 Å². The van der Waals surface area contributed by atoms with Crippen molar-refractivity contribution in [2.45, 2.75) is 44.5 Å². The van der Waals surface area contributed by atoms with Crippen LogP contribution in [0, 0.1) is 11.3 Å². The highest BCUT2D eigenvalue weighted by atomic mass is 35.5. The van der Waals surface area contributed by atoms with E-state index in [1.54, 1.807) is 12.1 Å². The SMILES string of the molecule is COC(=O)c1ccc2nc(CCl)n(CCCCCCC#N)c2c1. The van der Waals surface area contributed by atoms with Gasteiger partial charge in [0.2, 0.25) is 0 Å². The van der Waals surface area contributed by atoms with Crippen molar-refractivity contribution in [2.24, 2.45) is 0 Å². The molecule has 5 nitrogen and oxygen atoms in total. The number of rotatable bonds is 8. The number of fused-ring (bicyclic) bond motifs is 1. The Kier molecular flexibility index (Phi) is 6.42. The van der Waals surface area contributed by atoms with E-state index in [2.05, 4.69) is 15.6 Å². The Balaban J connectivity index is 2.15. The van der Waals surface area contributed by atoms with Crippen molar-refractivity contribution in [3.8, 4) is 6.07 Å². The molecule has 0 radical (unpaired) electrons. The number of nitrogens with zero attached hydrogens (tertiary/aromatic N) is 3. The Hall–Kier alpha value is -2.06.